The zero-order chi connectivity index (χ0) is 16.6. The van der Waals surface area contributed by atoms with Crippen LogP contribution in [-0.4, -0.2) is 43.0 Å². The van der Waals surface area contributed by atoms with Crippen molar-refractivity contribution in [2.24, 2.45) is 5.92 Å². The van der Waals surface area contributed by atoms with Crippen molar-refractivity contribution in [2.45, 2.75) is 66.2 Å². The molecule has 0 saturated carbocycles. The van der Waals surface area contributed by atoms with Gasteiger partial charge in [0.05, 0.1) is 6.61 Å². The number of amides is 1. The minimum Gasteiger partial charge on any atom is -0.459 e. The Morgan fingerprint density at radius 1 is 1.05 bits per heavy atom. The molecule has 0 fully saturated rings. The molecule has 0 aliphatic heterocycles. The fourth-order valence-corrected chi connectivity index (χ4v) is 1.35. The van der Waals surface area contributed by atoms with Crippen molar-refractivity contribution < 1.29 is 23.8 Å². The van der Waals surface area contributed by atoms with Gasteiger partial charge in [0, 0.05) is 6.61 Å². The van der Waals surface area contributed by atoms with Crippen LogP contribution in [0.5, 0.6) is 0 Å². The number of hydrogen-bond acceptors (Lipinski definition) is 5. The van der Waals surface area contributed by atoms with Crippen LogP contribution in [0.4, 0.5) is 4.79 Å². The maximum atomic E-state index is 11.8. The Kier molecular flexibility index (Phi) is 8.32. The third kappa shape index (κ3) is 11.1. The minimum absolute atomic E-state index is 0.336. The molecule has 0 rings (SSSR count). The highest BCUT2D eigenvalue weighted by Gasteiger charge is 2.23. The number of carbonyl (C=O) groups is 2. The predicted molar refractivity (Wildman–Crippen MR) is 80.0 cm³/mol. The second kappa shape index (κ2) is 8.87. The highest BCUT2D eigenvalue weighted by atomic mass is 16.6. The molecule has 0 unspecified atom stereocenters. The molecule has 1 amide bonds. The standard InChI is InChI=1S/C15H29NO5/c1-10(2)8-19-9-11(3)20-13(17)12(4)16-14(18)21-15(5,6)7/h10-12H,8-9H2,1-7H3,(H,16,18)/t11-,12-/m0/s1. The monoisotopic (exact) mass is 303 g/mol. The molecule has 124 valence electrons. The van der Waals surface area contributed by atoms with Gasteiger partial charge in [-0.15, -0.1) is 0 Å². The molecule has 0 aliphatic rings. The Labute approximate surface area is 127 Å². The summed E-state index contributed by atoms with van der Waals surface area (Å²) in [6, 6.07) is -0.771. The van der Waals surface area contributed by atoms with E-state index in [-0.39, 0.29) is 6.10 Å². The maximum Gasteiger partial charge on any atom is 0.408 e. The van der Waals surface area contributed by atoms with Gasteiger partial charge in [0.15, 0.2) is 0 Å². The van der Waals surface area contributed by atoms with Gasteiger partial charge in [-0.05, 0) is 40.5 Å². The lowest BCUT2D eigenvalue weighted by Crippen LogP contribution is -2.43. The van der Waals surface area contributed by atoms with E-state index in [0.29, 0.717) is 19.1 Å². The molecule has 6 heteroatoms. The van der Waals surface area contributed by atoms with Crippen LogP contribution in [0, 0.1) is 5.92 Å². The van der Waals surface area contributed by atoms with Crippen molar-refractivity contribution in [1.29, 1.82) is 0 Å². The van der Waals surface area contributed by atoms with Gasteiger partial charge in [0.2, 0.25) is 0 Å². The molecule has 21 heavy (non-hydrogen) atoms. The molecule has 0 spiro atoms. The van der Waals surface area contributed by atoms with E-state index in [0.717, 1.165) is 0 Å². The third-order valence-electron chi connectivity index (χ3n) is 2.21. The summed E-state index contributed by atoms with van der Waals surface area (Å²) in [5.41, 5.74) is -0.605. The van der Waals surface area contributed by atoms with Gasteiger partial charge < -0.3 is 19.5 Å². The van der Waals surface area contributed by atoms with Gasteiger partial charge in [-0.25, -0.2) is 9.59 Å². The van der Waals surface area contributed by atoms with Crippen LogP contribution in [0.2, 0.25) is 0 Å². The molecule has 0 aromatic carbocycles. The first-order valence-corrected chi connectivity index (χ1v) is 7.29. The normalized spacial score (nSPS) is 14.5. The smallest absolute Gasteiger partial charge is 0.408 e. The van der Waals surface area contributed by atoms with E-state index in [4.69, 9.17) is 14.2 Å². The summed E-state index contributed by atoms with van der Waals surface area (Å²) in [6.45, 7) is 13.6. The SMILES string of the molecule is CC(C)COC[C@H](C)OC(=O)[C@H](C)NC(=O)OC(C)(C)C. The van der Waals surface area contributed by atoms with Crippen molar-refractivity contribution in [3.63, 3.8) is 0 Å². The van der Waals surface area contributed by atoms with E-state index in [9.17, 15) is 9.59 Å². The van der Waals surface area contributed by atoms with Crippen LogP contribution in [0.15, 0.2) is 0 Å². The molecule has 0 saturated heterocycles. The van der Waals surface area contributed by atoms with Gasteiger partial charge in [-0.2, -0.15) is 0 Å². The number of nitrogens with one attached hydrogen (secondary N) is 1. The number of hydrogen-bond donors (Lipinski definition) is 1. The predicted octanol–water partition coefficient (Wildman–Crippen LogP) is 2.50. The van der Waals surface area contributed by atoms with E-state index in [1.807, 2.05) is 13.8 Å². The van der Waals surface area contributed by atoms with Crippen molar-refractivity contribution >= 4 is 12.1 Å². The molecule has 2 atom stereocenters. The number of carbonyl (C=O) groups excluding carboxylic acids is 2. The Bertz CT molecular complexity index is 335. The fraction of sp³-hybridized carbons (Fsp3) is 0.867. The Morgan fingerprint density at radius 3 is 2.10 bits per heavy atom. The lowest BCUT2D eigenvalue weighted by molar-refractivity contribution is -0.153. The first-order chi connectivity index (χ1) is 9.51. The summed E-state index contributed by atoms with van der Waals surface area (Å²) < 4.78 is 15.7. The largest absolute Gasteiger partial charge is 0.459 e. The Balaban J connectivity index is 4.06. The van der Waals surface area contributed by atoms with Crippen LogP contribution in [0.1, 0.15) is 48.5 Å². The Morgan fingerprint density at radius 2 is 1.62 bits per heavy atom. The van der Waals surface area contributed by atoms with Crippen LogP contribution < -0.4 is 5.32 Å². The summed E-state index contributed by atoms with van der Waals surface area (Å²) in [6.07, 6.45) is -1.00. The highest BCUT2D eigenvalue weighted by Crippen LogP contribution is 2.07. The van der Waals surface area contributed by atoms with E-state index < -0.39 is 23.7 Å². The maximum absolute atomic E-state index is 11.8. The first-order valence-electron chi connectivity index (χ1n) is 7.29. The zero-order valence-electron chi connectivity index (χ0n) is 14.2. The fourth-order valence-electron chi connectivity index (χ4n) is 1.35. The summed E-state index contributed by atoms with van der Waals surface area (Å²) >= 11 is 0. The quantitative estimate of drug-likeness (QED) is 0.731. The van der Waals surface area contributed by atoms with Gasteiger partial charge in [-0.3, -0.25) is 0 Å². The van der Waals surface area contributed by atoms with Gasteiger partial charge in [0.1, 0.15) is 17.7 Å². The number of alkyl carbamates (subject to hydrolysis) is 1. The molecule has 1 N–H and O–H groups in total. The number of esters is 1. The van der Waals surface area contributed by atoms with Crippen molar-refractivity contribution in [3.05, 3.63) is 0 Å². The third-order valence-corrected chi connectivity index (χ3v) is 2.21. The highest BCUT2D eigenvalue weighted by molar-refractivity contribution is 5.81. The second-order valence-electron chi connectivity index (χ2n) is 6.55. The van der Waals surface area contributed by atoms with Crippen molar-refractivity contribution in [3.8, 4) is 0 Å². The molecule has 0 aromatic rings. The van der Waals surface area contributed by atoms with E-state index in [1.165, 1.54) is 0 Å². The van der Waals surface area contributed by atoms with Gasteiger partial charge >= 0.3 is 12.1 Å². The molecule has 6 nitrogen and oxygen atoms in total. The first kappa shape index (κ1) is 19.7. The number of rotatable bonds is 7. The molecular formula is C15H29NO5. The number of ether oxygens (including phenoxy) is 3. The van der Waals surface area contributed by atoms with E-state index >= 15 is 0 Å². The molecule has 0 aliphatic carbocycles. The van der Waals surface area contributed by atoms with E-state index in [1.54, 1.807) is 34.6 Å². The second-order valence-corrected chi connectivity index (χ2v) is 6.55. The average molecular weight is 303 g/mol. The molecule has 0 radical (unpaired) electrons. The van der Waals surface area contributed by atoms with E-state index in [2.05, 4.69) is 5.32 Å². The van der Waals surface area contributed by atoms with Crippen LogP contribution >= 0.6 is 0 Å². The lowest BCUT2D eigenvalue weighted by Gasteiger charge is -2.22. The molecule has 0 aromatic heterocycles. The summed E-state index contributed by atoms with van der Waals surface area (Å²) in [5, 5.41) is 2.44. The summed E-state index contributed by atoms with van der Waals surface area (Å²) in [7, 11) is 0. The van der Waals surface area contributed by atoms with Gasteiger partial charge in [0.25, 0.3) is 0 Å². The van der Waals surface area contributed by atoms with Crippen molar-refractivity contribution in [1.82, 2.24) is 5.32 Å². The average Bonchev–Trinajstić information content (AvgIpc) is 2.25. The summed E-state index contributed by atoms with van der Waals surface area (Å²) in [4.78, 5) is 23.3. The molecule has 0 heterocycles. The van der Waals surface area contributed by atoms with Crippen LogP contribution in [0.25, 0.3) is 0 Å². The molecule has 0 bridgehead atoms. The minimum atomic E-state index is -0.771. The lowest BCUT2D eigenvalue weighted by atomic mass is 10.2. The van der Waals surface area contributed by atoms with Gasteiger partial charge in [-0.1, -0.05) is 13.8 Å². The zero-order valence-corrected chi connectivity index (χ0v) is 14.2. The van der Waals surface area contributed by atoms with Crippen molar-refractivity contribution in [2.75, 3.05) is 13.2 Å². The topological polar surface area (TPSA) is 73.9 Å². The summed E-state index contributed by atoms with van der Waals surface area (Å²) in [5.74, 6) is -0.0813. The van der Waals surface area contributed by atoms with Crippen LogP contribution in [0.3, 0.4) is 0 Å². The Hall–Kier alpha value is -1.30. The molecular weight excluding hydrogens is 274 g/mol. The van der Waals surface area contributed by atoms with Crippen LogP contribution in [-0.2, 0) is 19.0 Å².